The Hall–Kier alpha value is -1.01. The van der Waals surface area contributed by atoms with Gasteiger partial charge < -0.3 is 14.6 Å². The van der Waals surface area contributed by atoms with Crippen LogP contribution in [-0.2, 0) is 22.6 Å². The summed E-state index contributed by atoms with van der Waals surface area (Å²) in [6.45, 7) is 5.87. The molecule has 0 aliphatic heterocycles. The summed E-state index contributed by atoms with van der Waals surface area (Å²) >= 11 is 1.64. The molecule has 0 spiro atoms. The number of nitrogens with zero attached hydrogens (tertiary/aromatic N) is 2. The third kappa shape index (κ3) is 4.70. The Morgan fingerprint density at radius 3 is 3.11 bits per heavy atom. The molecule has 1 heterocycles. The number of hydrogen-bond acceptors (Lipinski definition) is 4. The second-order valence-electron chi connectivity index (χ2n) is 3.89. The van der Waals surface area contributed by atoms with Gasteiger partial charge in [0, 0.05) is 19.9 Å². The number of hydrogen-bond donors (Lipinski definition) is 1. The molecule has 0 aliphatic carbocycles. The predicted molar refractivity (Wildman–Crippen MR) is 73.5 cm³/mol. The highest BCUT2D eigenvalue weighted by Crippen LogP contribution is 2.09. The van der Waals surface area contributed by atoms with Gasteiger partial charge in [-0.1, -0.05) is 6.92 Å². The highest BCUT2D eigenvalue weighted by molar-refractivity contribution is 8.00. The van der Waals surface area contributed by atoms with Gasteiger partial charge in [-0.3, -0.25) is 4.79 Å². The number of rotatable bonds is 8. The average molecular weight is 271 g/mol. The SMILES string of the molecule is CCSC(C)C(=O)NCc1cncn1CCOC. The summed E-state index contributed by atoms with van der Waals surface area (Å²) < 4.78 is 7.01. The summed E-state index contributed by atoms with van der Waals surface area (Å²) in [6.07, 6.45) is 3.53. The first-order chi connectivity index (χ1) is 8.69. The Balaban J connectivity index is 2.43. The fourth-order valence-corrected chi connectivity index (χ4v) is 2.27. The monoisotopic (exact) mass is 271 g/mol. The lowest BCUT2D eigenvalue weighted by Crippen LogP contribution is -2.31. The molecule has 0 aliphatic rings. The molecule has 0 saturated carbocycles. The largest absolute Gasteiger partial charge is 0.383 e. The minimum Gasteiger partial charge on any atom is -0.383 e. The number of aromatic nitrogens is 2. The molecule has 6 heteroatoms. The van der Waals surface area contributed by atoms with E-state index in [1.807, 2.05) is 18.4 Å². The molecular weight excluding hydrogens is 250 g/mol. The molecule has 0 fully saturated rings. The van der Waals surface area contributed by atoms with E-state index >= 15 is 0 Å². The summed E-state index contributed by atoms with van der Waals surface area (Å²) in [6, 6.07) is 0. The van der Waals surface area contributed by atoms with E-state index in [9.17, 15) is 4.79 Å². The van der Waals surface area contributed by atoms with Crippen molar-refractivity contribution in [1.29, 1.82) is 0 Å². The number of carbonyl (C=O) groups is 1. The van der Waals surface area contributed by atoms with Crippen LogP contribution in [0, 0.1) is 0 Å². The number of carbonyl (C=O) groups excluding carboxylic acids is 1. The lowest BCUT2D eigenvalue weighted by Gasteiger charge is -2.12. The molecule has 1 N–H and O–H groups in total. The summed E-state index contributed by atoms with van der Waals surface area (Å²) in [5, 5.41) is 2.92. The van der Waals surface area contributed by atoms with Crippen LogP contribution in [-0.4, -0.2) is 40.2 Å². The van der Waals surface area contributed by atoms with Gasteiger partial charge in [0.1, 0.15) is 0 Å². The van der Waals surface area contributed by atoms with E-state index in [1.54, 1.807) is 31.4 Å². The van der Waals surface area contributed by atoms with Crippen molar-refractivity contribution in [2.45, 2.75) is 32.2 Å². The van der Waals surface area contributed by atoms with Gasteiger partial charge in [0.2, 0.25) is 5.91 Å². The minimum atomic E-state index is -0.00894. The van der Waals surface area contributed by atoms with Gasteiger partial charge in [0.15, 0.2) is 0 Å². The molecule has 5 nitrogen and oxygen atoms in total. The zero-order valence-corrected chi connectivity index (χ0v) is 12.0. The maximum Gasteiger partial charge on any atom is 0.233 e. The number of methoxy groups -OCH3 is 1. The van der Waals surface area contributed by atoms with Crippen molar-refractivity contribution in [3.63, 3.8) is 0 Å². The fourth-order valence-electron chi connectivity index (χ4n) is 1.53. The van der Waals surface area contributed by atoms with Gasteiger partial charge >= 0.3 is 0 Å². The van der Waals surface area contributed by atoms with Crippen molar-refractivity contribution in [2.24, 2.45) is 0 Å². The van der Waals surface area contributed by atoms with Crippen LogP contribution in [0.5, 0.6) is 0 Å². The van der Waals surface area contributed by atoms with Gasteiger partial charge in [0.25, 0.3) is 0 Å². The minimum absolute atomic E-state index is 0.00894. The van der Waals surface area contributed by atoms with Crippen LogP contribution in [0.15, 0.2) is 12.5 Å². The molecule has 1 aromatic heterocycles. The topological polar surface area (TPSA) is 56.2 Å². The Morgan fingerprint density at radius 1 is 1.67 bits per heavy atom. The molecule has 0 saturated heterocycles. The van der Waals surface area contributed by atoms with Crippen LogP contribution in [0.25, 0.3) is 0 Å². The smallest absolute Gasteiger partial charge is 0.233 e. The maximum atomic E-state index is 11.8. The van der Waals surface area contributed by atoms with Crippen molar-refractivity contribution in [3.05, 3.63) is 18.2 Å². The van der Waals surface area contributed by atoms with E-state index in [4.69, 9.17) is 4.74 Å². The van der Waals surface area contributed by atoms with E-state index < -0.39 is 0 Å². The Labute approximate surface area is 112 Å². The normalized spacial score (nSPS) is 12.4. The second-order valence-corrected chi connectivity index (χ2v) is 5.50. The first kappa shape index (κ1) is 15.0. The van der Waals surface area contributed by atoms with Crippen LogP contribution < -0.4 is 5.32 Å². The van der Waals surface area contributed by atoms with E-state index in [-0.39, 0.29) is 11.2 Å². The molecule has 102 valence electrons. The van der Waals surface area contributed by atoms with Crippen LogP contribution in [0.4, 0.5) is 0 Å². The third-order valence-corrected chi connectivity index (χ3v) is 3.61. The molecule has 0 aromatic carbocycles. The number of amides is 1. The summed E-state index contributed by atoms with van der Waals surface area (Å²) in [5.41, 5.74) is 0.995. The summed E-state index contributed by atoms with van der Waals surface area (Å²) in [5.74, 6) is 1.02. The molecule has 1 amide bonds. The van der Waals surface area contributed by atoms with Crippen LogP contribution >= 0.6 is 11.8 Å². The Morgan fingerprint density at radius 2 is 2.44 bits per heavy atom. The molecule has 1 aromatic rings. The average Bonchev–Trinajstić information content (AvgIpc) is 2.81. The quantitative estimate of drug-likeness (QED) is 0.774. The summed E-state index contributed by atoms with van der Waals surface area (Å²) in [4.78, 5) is 15.9. The van der Waals surface area contributed by atoms with Gasteiger partial charge in [-0.25, -0.2) is 4.98 Å². The number of imidazole rings is 1. The Bertz CT molecular complexity index is 368. The van der Waals surface area contributed by atoms with E-state index in [0.29, 0.717) is 13.2 Å². The molecule has 0 bridgehead atoms. The van der Waals surface area contributed by atoms with Gasteiger partial charge in [-0.2, -0.15) is 0 Å². The number of ether oxygens (including phenoxy) is 1. The van der Waals surface area contributed by atoms with Crippen LogP contribution in [0.2, 0.25) is 0 Å². The van der Waals surface area contributed by atoms with Gasteiger partial charge in [0.05, 0.1) is 30.4 Å². The van der Waals surface area contributed by atoms with E-state index in [2.05, 4.69) is 10.3 Å². The number of thioether (sulfide) groups is 1. The Kier molecular flexibility index (Phi) is 6.82. The zero-order valence-electron chi connectivity index (χ0n) is 11.2. The molecule has 0 radical (unpaired) electrons. The first-order valence-corrected chi connectivity index (χ1v) is 7.11. The van der Waals surface area contributed by atoms with E-state index in [1.165, 1.54) is 0 Å². The lowest BCUT2D eigenvalue weighted by atomic mass is 10.4. The second kappa shape index (κ2) is 8.16. The standard InChI is InChI=1S/C12H21N3O2S/c1-4-18-10(2)12(16)14-8-11-7-13-9-15(11)5-6-17-3/h7,9-10H,4-6,8H2,1-3H3,(H,14,16). The molecular formula is C12H21N3O2S. The van der Waals surface area contributed by atoms with Crippen molar-refractivity contribution in [3.8, 4) is 0 Å². The van der Waals surface area contributed by atoms with E-state index in [0.717, 1.165) is 18.0 Å². The highest BCUT2D eigenvalue weighted by Gasteiger charge is 2.12. The number of nitrogens with one attached hydrogen (secondary N) is 1. The summed E-state index contributed by atoms with van der Waals surface area (Å²) in [7, 11) is 1.67. The van der Waals surface area contributed by atoms with Crippen molar-refractivity contribution < 1.29 is 9.53 Å². The first-order valence-electron chi connectivity index (χ1n) is 6.06. The maximum absolute atomic E-state index is 11.8. The predicted octanol–water partition coefficient (Wildman–Crippen LogP) is 1.29. The van der Waals surface area contributed by atoms with Gasteiger partial charge in [-0.05, 0) is 12.7 Å². The fraction of sp³-hybridized carbons (Fsp3) is 0.667. The van der Waals surface area contributed by atoms with Gasteiger partial charge in [-0.15, -0.1) is 11.8 Å². The van der Waals surface area contributed by atoms with Crippen LogP contribution in [0.3, 0.4) is 0 Å². The van der Waals surface area contributed by atoms with Crippen molar-refractivity contribution >= 4 is 17.7 Å². The van der Waals surface area contributed by atoms with Crippen molar-refractivity contribution in [1.82, 2.24) is 14.9 Å². The molecule has 1 rings (SSSR count). The molecule has 18 heavy (non-hydrogen) atoms. The lowest BCUT2D eigenvalue weighted by molar-refractivity contribution is -0.120. The van der Waals surface area contributed by atoms with Crippen molar-refractivity contribution in [2.75, 3.05) is 19.5 Å². The van der Waals surface area contributed by atoms with Crippen LogP contribution in [0.1, 0.15) is 19.5 Å². The third-order valence-electron chi connectivity index (χ3n) is 2.56. The zero-order chi connectivity index (χ0) is 13.4. The molecule has 1 unspecified atom stereocenters. The highest BCUT2D eigenvalue weighted by atomic mass is 32.2. The molecule has 1 atom stereocenters.